The molecule has 0 amide bonds. The van der Waals surface area contributed by atoms with E-state index in [-0.39, 0.29) is 35.8 Å². The number of aliphatic hydroxyl groups excluding tert-OH is 7. The van der Waals surface area contributed by atoms with Crippen molar-refractivity contribution in [2.45, 2.75) is 207 Å². The lowest BCUT2D eigenvalue weighted by atomic mass is 9.32. The third-order valence-corrected chi connectivity index (χ3v) is 19.9. The van der Waals surface area contributed by atoms with E-state index in [0.717, 1.165) is 5.57 Å². The van der Waals surface area contributed by atoms with Gasteiger partial charge in [0.15, 0.2) is 30.9 Å². The zero-order valence-electron chi connectivity index (χ0n) is 45.8. The maximum Gasteiger partial charge on any atom is 0.335 e. The first-order valence-electron chi connectivity index (χ1n) is 26.6. The molecule has 428 valence electrons. The Morgan fingerprint density at radius 2 is 1.26 bits per heavy atom. The van der Waals surface area contributed by atoms with E-state index in [0.29, 0.717) is 25.7 Å². The maximum absolute atomic E-state index is 14.1. The van der Waals surface area contributed by atoms with Crippen molar-refractivity contribution in [2.24, 2.45) is 50.2 Å². The maximum atomic E-state index is 14.1. The van der Waals surface area contributed by atoms with Gasteiger partial charge in [0.2, 0.25) is 0 Å². The van der Waals surface area contributed by atoms with Crippen molar-refractivity contribution in [2.75, 3.05) is 19.8 Å². The fourth-order valence-corrected chi connectivity index (χ4v) is 15.4. The third kappa shape index (κ3) is 9.47. The Balaban J connectivity index is 1.30. The zero-order valence-corrected chi connectivity index (χ0v) is 45.8. The van der Waals surface area contributed by atoms with E-state index < -0.39 is 174 Å². The zero-order chi connectivity index (χ0) is 56.6. The van der Waals surface area contributed by atoms with Crippen molar-refractivity contribution in [3.05, 3.63) is 34.9 Å². The second-order valence-corrected chi connectivity index (χ2v) is 24.3. The van der Waals surface area contributed by atoms with Gasteiger partial charge in [-0.3, -0.25) is 9.59 Å². The van der Waals surface area contributed by atoms with Crippen molar-refractivity contribution in [1.29, 1.82) is 0 Å². The Hall–Kier alpha value is -3.87. The van der Waals surface area contributed by atoms with Gasteiger partial charge in [0.1, 0.15) is 48.8 Å². The molecule has 2 aliphatic heterocycles. The van der Waals surface area contributed by atoms with E-state index in [1.54, 1.807) is 39.8 Å². The fourth-order valence-electron chi connectivity index (χ4n) is 15.4. The molecule has 21 nitrogen and oxygen atoms in total. The molecule has 0 radical (unpaired) electrons. The van der Waals surface area contributed by atoms with Crippen LogP contribution in [0, 0.1) is 50.2 Å². The molecule has 6 fully saturated rings. The number of ether oxygens (including phenoxy) is 8. The lowest BCUT2D eigenvalue weighted by molar-refractivity contribution is -0.358. The van der Waals surface area contributed by atoms with E-state index in [9.17, 15) is 64.8 Å². The molecule has 2 heterocycles. The van der Waals surface area contributed by atoms with Gasteiger partial charge in [-0.05, 0) is 94.8 Å². The van der Waals surface area contributed by atoms with Crippen molar-refractivity contribution < 1.29 is 103 Å². The van der Waals surface area contributed by atoms with Crippen LogP contribution in [-0.4, -0.2) is 176 Å². The van der Waals surface area contributed by atoms with Crippen LogP contribution in [0.15, 0.2) is 34.9 Å². The molecule has 0 spiro atoms. The van der Waals surface area contributed by atoms with Gasteiger partial charge in [-0.1, -0.05) is 65.3 Å². The number of carbonyl (C=O) groups excluding carboxylic acids is 4. The van der Waals surface area contributed by atoms with Crippen molar-refractivity contribution in [3.63, 3.8) is 0 Å². The van der Waals surface area contributed by atoms with E-state index in [1.165, 1.54) is 13.8 Å². The molecule has 8 N–H and O–H groups in total. The van der Waals surface area contributed by atoms with Gasteiger partial charge in [0.25, 0.3) is 0 Å². The molecule has 21 heteroatoms. The van der Waals surface area contributed by atoms with Crippen LogP contribution < -0.4 is 0 Å². The predicted octanol–water partition coefficient (Wildman–Crippen LogP) is 2.55. The summed E-state index contributed by atoms with van der Waals surface area (Å²) in [5, 5.41) is 87.7. The number of fused-ring (bicyclic) bond motifs is 7. The number of carboxylic acids is 1. The first-order valence-corrected chi connectivity index (χ1v) is 26.6. The molecular formula is C55H82O21. The summed E-state index contributed by atoms with van der Waals surface area (Å²) in [6.07, 6.45) is -14.9. The van der Waals surface area contributed by atoms with Gasteiger partial charge in [0.05, 0.1) is 31.3 Å². The highest BCUT2D eigenvalue weighted by molar-refractivity contribution is 5.89. The Labute approximate surface area is 443 Å². The number of allylic oxidation sites excluding steroid dienone is 3. The molecule has 22 atom stereocenters. The van der Waals surface area contributed by atoms with Gasteiger partial charge < -0.3 is 78.7 Å². The minimum atomic E-state index is -2.01. The summed E-state index contributed by atoms with van der Waals surface area (Å²) >= 11 is 0. The van der Waals surface area contributed by atoms with Gasteiger partial charge in [-0.25, -0.2) is 14.4 Å². The minimum absolute atomic E-state index is 0.231. The van der Waals surface area contributed by atoms with E-state index in [1.807, 2.05) is 27.7 Å². The topological polar surface area (TPSA) is 321 Å². The van der Waals surface area contributed by atoms with Crippen molar-refractivity contribution in [1.82, 2.24) is 0 Å². The Morgan fingerprint density at radius 3 is 1.82 bits per heavy atom. The van der Waals surface area contributed by atoms with Crippen LogP contribution in [0.25, 0.3) is 0 Å². The molecular weight excluding hydrogens is 997 g/mol. The van der Waals surface area contributed by atoms with Crippen LogP contribution in [0.3, 0.4) is 0 Å². The molecule has 0 aromatic rings. The fraction of sp³-hybridized carbons (Fsp3) is 0.800. The molecule has 7 rings (SSSR count). The van der Waals surface area contributed by atoms with E-state index in [2.05, 4.69) is 19.9 Å². The summed E-state index contributed by atoms with van der Waals surface area (Å²) in [6, 6.07) is 0. The number of aliphatic carboxylic acids is 1. The second kappa shape index (κ2) is 21.6. The summed E-state index contributed by atoms with van der Waals surface area (Å²) in [6.45, 7) is 19.3. The second-order valence-electron chi connectivity index (χ2n) is 24.3. The Kier molecular flexibility index (Phi) is 17.0. The van der Waals surface area contributed by atoms with Gasteiger partial charge >= 0.3 is 29.8 Å². The number of carboxylic acid groups (broad SMARTS) is 1. The highest BCUT2D eigenvalue weighted by Crippen LogP contribution is 2.77. The van der Waals surface area contributed by atoms with E-state index >= 15 is 0 Å². The summed E-state index contributed by atoms with van der Waals surface area (Å²) in [4.78, 5) is 67.7. The largest absolute Gasteiger partial charge is 0.479 e. The van der Waals surface area contributed by atoms with Crippen molar-refractivity contribution >= 4 is 29.8 Å². The molecule has 76 heavy (non-hydrogen) atoms. The van der Waals surface area contributed by atoms with Crippen LogP contribution >= 0.6 is 0 Å². The first-order chi connectivity index (χ1) is 35.4. The van der Waals surface area contributed by atoms with Crippen LogP contribution in [0.5, 0.6) is 0 Å². The van der Waals surface area contributed by atoms with Gasteiger partial charge in [0, 0.05) is 41.2 Å². The number of hydrogen-bond acceptors (Lipinski definition) is 20. The van der Waals surface area contributed by atoms with Crippen LogP contribution in [0.2, 0.25) is 0 Å². The Bertz CT molecular complexity index is 2330. The molecule has 4 saturated carbocycles. The minimum Gasteiger partial charge on any atom is -0.479 e. The van der Waals surface area contributed by atoms with Crippen LogP contribution in [0.4, 0.5) is 0 Å². The lowest BCUT2D eigenvalue weighted by Crippen LogP contribution is -2.77. The van der Waals surface area contributed by atoms with Gasteiger partial charge in [-0.15, -0.1) is 0 Å². The monoisotopic (exact) mass is 1080 g/mol. The standard InChI is InChI=1S/C55H82O21/c1-13-25(3)46(67)75-41-43(76-47(68)26(4)14-2)55(24-57)30(21-50(41,7)8)29-15-16-33-51(9)19-18-34(72-49-38(64)39(37(63)40(74-49)45(65)66)73-48-36(62)35(61)31(60)22-69-48)52(10,23-56)32(51)17-20-53(33,11)54(29,12)42(70-27(5)58)44(55)71-28(6)59/h13-15,30-44,48-49,56-57,60-64H,16-24H2,1-12H3,(H,65,66)/b25-13-,26-14-/t30-,31-,32+,33+,34-,35-,36+,37-,38+,39-,40-,41-,42-,43-,44+,48-,49+,51-,52-,53+,54-,55+/m0/s1. The van der Waals surface area contributed by atoms with Crippen LogP contribution in [-0.2, 0) is 61.9 Å². The first kappa shape index (κ1) is 59.8. The van der Waals surface area contributed by atoms with Gasteiger partial charge in [-0.2, -0.15) is 0 Å². The molecule has 7 aliphatic rings. The molecule has 0 unspecified atom stereocenters. The highest BCUT2D eigenvalue weighted by atomic mass is 16.7. The lowest BCUT2D eigenvalue weighted by Gasteiger charge is -2.73. The summed E-state index contributed by atoms with van der Waals surface area (Å²) in [7, 11) is 0. The molecule has 0 bridgehead atoms. The number of rotatable bonds is 13. The molecule has 5 aliphatic carbocycles. The average Bonchev–Trinajstić information content (AvgIpc) is 3.35. The average molecular weight is 1080 g/mol. The molecule has 2 saturated heterocycles. The normalized spacial score (nSPS) is 46.1. The number of carbonyl (C=O) groups is 5. The predicted molar refractivity (Wildman–Crippen MR) is 265 cm³/mol. The number of hydrogen-bond donors (Lipinski definition) is 8. The third-order valence-electron chi connectivity index (χ3n) is 19.9. The number of esters is 4. The van der Waals surface area contributed by atoms with Crippen LogP contribution in [0.1, 0.15) is 122 Å². The number of aliphatic hydroxyl groups is 7. The molecule has 0 aromatic heterocycles. The summed E-state index contributed by atoms with van der Waals surface area (Å²) in [5.41, 5.74) is -5.08. The molecule has 0 aromatic carbocycles. The Morgan fingerprint density at radius 1 is 0.684 bits per heavy atom. The highest BCUT2D eigenvalue weighted by Gasteiger charge is 2.78. The quantitative estimate of drug-likeness (QED) is 0.0432. The summed E-state index contributed by atoms with van der Waals surface area (Å²) < 4.78 is 49.1. The van der Waals surface area contributed by atoms with Crippen molar-refractivity contribution in [3.8, 4) is 0 Å². The van der Waals surface area contributed by atoms with E-state index in [4.69, 9.17) is 37.9 Å². The SMILES string of the molecule is C/C=C(/C)C(=O)O[C@H]1[C@H](OC(=O)/C(C)=C\C)[C@]2(CO)[C@H](OC(C)=O)[C@H](OC(C)=O)[C@]3(C)C(=CC[C@@H]4[C@@]5(C)CC[C@H](O[C@@H]6O[C@H](C(=O)O)[C@@H](O)[C@H](O[C@@H]7OC[C@H](O)[C@H](O)[C@H]7O)[C@H]6O)[C@@](C)(CO)[C@@H]5CC[C@]43C)[C@@H]2CC1(C)C. The summed E-state index contributed by atoms with van der Waals surface area (Å²) in [5.74, 6) is -5.81. The smallest absolute Gasteiger partial charge is 0.335 e.